The summed E-state index contributed by atoms with van der Waals surface area (Å²) in [6, 6.07) is 12.4. The van der Waals surface area contributed by atoms with Gasteiger partial charge >= 0.3 is 5.97 Å². The zero-order valence-electron chi connectivity index (χ0n) is 25.3. The number of halogens is 1. The molecule has 1 N–H and O–H groups in total. The number of aliphatic carboxylic acids is 1. The summed E-state index contributed by atoms with van der Waals surface area (Å²) in [5.74, 6) is 0.0699. The van der Waals surface area contributed by atoms with Crippen molar-refractivity contribution in [3.8, 4) is 11.5 Å². The zero-order valence-corrected chi connectivity index (χ0v) is 26.0. The van der Waals surface area contributed by atoms with E-state index in [0.717, 1.165) is 62.2 Å². The molecule has 0 bridgehead atoms. The van der Waals surface area contributed by atoms with E-state index in [1.807, 2.05) is 30.4 Å². The fourth-order valence-corrected chi connectivity index (χ4v) is 7.86. The number of imide groups is 1. The van der Waals surface area contributed by atoms with Gasteiger partial charge in [-0.15, -0.1) is 0 Å². The number of carbonyl (C=O) groups excluding carboxylic acids is 2. The molecule has 0 spiro atoms. The van der Waals surface area contributed by atoms with E-state index in [1.54, 1.807) is 7.11 Å². The van der Waals surface area contributed by atoms with Gasteiger partial charge in [-0.25, -0.2) is 0 Å². The van der Waals surface area contributed by atoms with Crippen molar-refractivity contribution in [2.75, 3.05) is 26.8 Å². The normalized spacial score (nSPS) is 26.2. The summed E-state index contributed by atoms with van der Waals surface area (Å²) in [5.41, 5.74) is 3.72. The number of allylic oxidation sites excluding steroid dienone is 2. The first-order valence-corrected chi connectivity index (χ1v) is 16.2. The molecular formula is C35H41ClN2O6. The topological polar surface area (TPSA) is 96.4 Å². The van der Waals surface area contributed by atoms with Gasteiger partial charge < -0.3 is 14.6 Å². The molecule has 1 aliphatic heterocycles. The highest BCUT2D eigenvalue weighted by Gasteiger charge is 2.47. The van der Waals surface area contributed by atoms with E-state index in [1.165, 1.54) is 16.0 Å². The molecule has 2 aromatic rings. The number of hydrogen-bond acceptors (Lipinski definition) is 6. The van der Waals surface area contributed by atoms with Gasteiger partial charge in [0.05, 0.1) is 31.4 Å². The molecule has 4 aliphatic rings. The molecule has 8 nitrogen and oxygen atoms in total. The van der Waals surface area contributed by atoms with Crippen molar-refractivity contribution in [2.24, 2.45) is 23.7 Å². The van der Waals surface area contributed by atoms with E-state index in [4.69, 9.17) is 21.1 Å². The van der Waals surface area contributed by atoms with Gasteiger partial charge in [0.15, 0.2) is 11.5 Å². The molecule has 2 aromatic carbocycles. The molecule has 0 radical (unpaired) electrons. The van der Waals surface area contributed by atoms with Crippen molar-refractivity contribution in [2.45, 2.75) is 64.0 Å². The van der Waals surface area contributed by atoms with Crippen molar-refractivity contribution in [1.29, 1.82) is 0 Å². The molecule has 3 aliphatic carbocycles. The Kier molecular flexibility index (Phi) is 9.29. The lowest BCUT2D eigenvalue weighted by Crippen LogP contribution is -2.35. The van der Waals surface area contributed by atoms with Crippen LogP contribution in [0.1, 0.15) is 67.7 Å². The van der Waals surface area contributed by atoms with Gasteiger partial charge in [-0.3, -0.25) is 24.2 Å². The average molecular weight is 621 g/mol. The summed E-state index contributed by atoms with van der Waals surface area (Å²) < 4.78 is 11.8. The van der Waals surface area contributed by atoms with Crippen LogP contribution in [0.25, 0.3) is 0 Å². The minimum absolute atomic E-state index is 0.0949. The number of hydrogen-bond donors (Lipinski definition) is 1. The molecule has 0 aromatic heterocycles. The molecule has 2 fully saturated rings. The molecule has 9 heteroatoms. The number of amides is 2. The quantitative estimate of drug-likeness (QED) is 0.241. The van der Waals surface area contributed by atoms with Crippen LogP contribution >= 0.6 is 11.6 Å². The fraction of sp³-hybridized carbons (Fsp3) is 0.514. The Labute approximate surface area is 263 Å². The monoisotopic (exact) mass is 620 g/mol. The summed E-state index contributed by atoms with van der Waals surface area (Å²) in [6.45, 7) is 2.04. The number of nitrogens with zero attached hydrogens (tertiary/aromatic N) is 2. The third kappa shape index (κ3) is 6.38. The number of benzene rings is 2. The largest absolute Gasteiger partial charge is 0.493 e. The van der Waals surface area contributed by atoms with Crippen LogP contribution in [0.2, 0.25) is 5.02 Å². The average Bonchev–Trinajstić information content (AvgIpc) is 3.55. The van der Waals surface area contributed by atoms with Gasteiger partial charge in [-0.2, -0.15) is 0 Å². The number of aryl methyl sites for hydroxylation is 1. The standard InChI is InChI=1S/C35H41ClN2O6/c1-43-32-18-23(8-15-31(32)44-17-16-38-33(39)28-4-2-3-5-29(28)34(38)40)21-37(20-22-6-9-24(10-7-22)35(41)42)30-14-11-25-19-26(36)12-13-27(25)30/h2-3,8,12-13,15,18-19,22,24,28-30H,4-7,9-11,14,16-17,20-21H2,1H3,(H,41,42)/t22?,24?,28-,29+,30?. The van der Waals surface area contributed by atoms with E-state index in [9.17, 15) is 19.5 Å². The third-order valence-corrected chi connectivity index (χ3v) is 10.3. The van der Waals surface area contributed by atoms with E-state index >= 15 is 0 Å². The van der Waals surface area contributed by atoms with E-state index in [-0.39, 0.29) is 48.8 Å². The number of rotatable bonds is 11. The second-order valence-corrected chi connectivity index (χ2v) is 13.1. The maximum absolute atomic E-state index is 12.8. The van der Waals surface area contributed by atoms with Gasteiger partial charge in [0, 0.05) is 24.2 Å². The van der Waals surface area contributed by atoms with Gasteiger partial charge in [-0.05, 0) is 98.2 Å². The van der Waals surface area contributed by atoms with Crippen LogP contribution in [0.5, 0.6) is 11.5 Å². The van der Waals surface area contributed by atoms with Gasteiger partial charge in [0.2, 0.25) is 11.8 Å². The highest BCUT2D eigenvalue weighted by Crippen LogP contribution is 2.41. The molecule has 1 unspecified atom stereocenters. The summed E-state index contributed by atoms with van der Waals surface area (Å²) in [7, 11) is 1.62. The Balaban J connectivity index is 1.13. The Hall–Kier alpha value is -3.36. The number of ether oxygens (including phenoxy) is 2. The smallest absolute Gasteiger partial charge is 0.306 e. The number of methoxy groups -OCH3 is 1. The fourth-order valence-electron chi connectivity index (χ4n) is 7.67. The number of fused-ring (bicyclic) bond motifs is 2. The highest BCUT2D eigenvalue weighted by atomic mass is 35.5. The van der Waals surface area contributed by atoms with Crippen LogP contribution in [0.3, 0.4) is 0 Å². The first-order chi connectivity index (χ1) is 21.3. The molecular weight excluding hydrogens is 580 g/mol. The maximum Gasteiger partial charge on any atom is 0.306 e. The molecule has 2 amide bonds. The van der Waals surface area contributed by atoms with Crippen molar-refractivity contribution >= 4 is 29.4 Å². The summed E-state index contributed by atoms with van der Waals surface area (Å²) >= 11 is 6.31. The van der Waals surface area contributed by atoms with Crippen LogP contribution < -0.4 is 9.47 Å². The SMILES string of the molecule is COc1cc(CN(CC2CCC(C(=O)O)CC2)C2CCc3cc(Cl)ccc32)ccc1OCCN1C(=O)[C@H]2CC=CC[C@H]2C1=O. The van der Waals surface area contributed by atoms with Crippen molar-refractivity contribution in [3.63, 3.8) is 0 Å². The summed E-state index contributed by atoms with van der Waals surface area (Å²) in [6.07, 6.45) is 10.5. The molecule has 3 atom stereocenters. The lowest BCUT2D eigenvalue weighted by Gasteiger charge is -2.35. The molecule has 1 saturated heterocycles. The predicted octanol–water partition coefficient (Wildman–Crippen LogP) is 6.06. The lowest BCUT2D eigenvalue weighted by molar-refractivity contribution is -0.143. The third-order valence-electron chi connectivity index (χ3n) is 10.1. The lowest BCUT2D eigenvalue weighted by atomic mass is 9.81. The second kappa shape index (κ2) is 13.3. The Morgan fingerprint density at radius 3 is 2.39 bits per heavy atom. The molecule has 6 rings (SSSR count). The van der Waals surface area contributed by atoms with Crippen LogP contribution in [0, 0.1) is 23.7 Å². The van der Waals surface area contributed by atoms with Crippen molar-refractivity contribution in [3.05, 3.63) is 70.3 Å². The van der Waals surface area contributed by atoms with E-state index < -0.39 is 5.97 Å². The molecule has 234 valence electrons. The van der Waals surface area contributed by atoms with Crippen LogP contribution in [-0.4, -0.2) is 59.5 Å². The first-order valence-electron chi connectivity index (χ1n) is 15.9. The Morgan fingerprint density at radius 1 is 0.977 bits per heavy atom. The van der Waals surface area contributed by atoms with Crippen molar-refractivity contribution < 1.29 is 29.0 Å². The predicted molar refractivity (Wildman–Crippen MR) is 167 cm³/mol. The van der Waals surface area contributed by atoms with Gasteiger partial charge in [0.25, 0.3) is 0 Å². The van der Waals surface area contributed by atoms with E-state index in [0.29, 0.717) is 30.3 Å². The van der Waals surface area contributed by atoms with Crippen LogP contribution in [-0.2, 0) is 27.3 Å². The molecule has 44 heavy (non-hydrogen) atoms. The van der Waals surface area contributed by atoms with Crippen molar-refractivity contribution in [1.82, 2.24) is 9.80 Å². The summed E-state index contributed by atoms with van der Waals surface area (Å²) in [4.78, 5) is 41.0. The first kappa shape index (κ1) is 30.7. The zero-order chi connectivity index (χ0) is 30.8. The highest BCUT2D eigenvalue weighted by molar-refractivity contribution is 6.30. The Bertz CT molecular complexity index is 1410. The number of likely N-dealkylation sites (tertiary alicyclic amines) is 1. The summed E-state index contributed by atoms with van der Waals surface area (Å²) in [5, 5.41) is 10.2. The minimum atomic E-state index is -0.676. The minimum Gasteiger partial charge on any atom is -0.493 e. The van der Waals surface area contributed by atoms with Gasteiger partial charge in [0.1, 0.15) is 6.61 Å². The van der Waals surface area contributed by atoms with Gasteiger partial charge in [-0.1, -0.05) is 35.9 Å². The number of carbonyl (C=O) groups is 3. The number of carboxylic acids is 1. The van der Waals surface area contributed by atoms with Crippen LogP contribution in [0.4, 0.5) is 0 Å². The molecule has 1 saturated carbocycles. The number of carboxylic acid groups (broad SMARTS) is 1. The maximum atomic E-state index is 12.8. The second-order valence-electron chi connectivity index (χ2n) is 12.7. The van der Waals surface area contributed by atoms with Crippen LogP contribution in [0.15, 0.2) is 48.6 Å². The Morgan fingerprint density at radius 2 is 1.70 bits per heavy atom. The van der Waals surface area contributed by atoms with E-state index in [2.05, 4.69) is 23.1 Å². The molecule has 1 heterocycles.